The fourth-order valence-corrected chi connectivity index (χ4v) is 3.30. The van der Waals surface area contributed by atoms with Gasteiger partial charge in [0.05, 0.1) is 17.1 Å². The molecule has 2 heterocycles. The molecule has 6 nitrogen and oxygen atoms in total. The highest BCUT2D eigenvalue weighted by Crippen LogP contribution is 2.20. The number of H-pyrrole nitrogens is 1. The van der Waals surface area contributed by atoms with Gasteiger partial charge in [0.25, 0.3) is 0 Å². The molecule has 4 rings (SSSR count). The van der Waals surface area contributed by atoms with E-state index in [0.717, 1.165) is 35.4 Å². The topological polar surface area (TPSA) is 75.6 Å². The molecule has 2 aromatic heterocycles. The molecular weight excluding hydrogens is 350 g/mol. The molecule has 2 N–H and O–H groups in total. The number of nitrogens with one attached hydrogen (secondary N) is 2. The molecule has 0 radical (unpaired) electrons. The number of rotatable bonds is 8. The smallest absolute Gasteiger partial charge is 0.220 e. The summed E-state index contributed by atoms with van der Waals surface area (Å²) in [5.41, 5.74) is 3.04. The molecule has 0 spiro atoms. The number of aromatic amines is 1. The maximum absolute atomic E-state index is 12.6. The van der Waals surface area contributed by atoms with Crippen LogP contribution >= 0.6 is 0 Å². The predicted octanol–water partition coefficient (Wildman–Crippen LogP) is 3.64. The number of amides is 1. The van der Waals surface area contributed by atoms with Crippen molar-refractivity contribution in [1.29, 1.82) is 0 Å². The zero-order valence-electron chi connectivity index (χ0n) is 15.6. The third kappa shape index (κ3) is 4.46. The molecular formula is C22H23N5O. The van der Waals surface area contributed by atoms with Crippen LogP contribution in [0.1, 0.15) is 30.3 Å². The molecule has 1 atom stereocenters. The summed E-state index contributed by atoms with van der Waals surface area (Å²) in [5.74, 6) is 0.805. The molecule has 1 amide bonds. The Balaban J connectivity index is 1.46. The number of nitrogens with zero attached hydrogens (tertiary/aromatic N) is 3. The van der Waals surface area contributed by atoms with Crippen molar-refractivity contribution >= 4 is 16.9 Å². The van der Waals surface area contributed by atoms with Crippen molar-refractivity contribution in [3.8, 4) is 0 Å². The minimum Gasteiger partial charge on any atom is -0.346 e. The molecule has 0 bridgehead atoms. The van der Waals surface area contributed by atoms with Gasteiger partial charge in [0, 0.05) is 25.4 Å². The van der Waals surface area contributed by atoms with Gasteiger partial charge in [-0.25, -0.2) is 4.98 Å². The van der Waals surface area contributed by atoms with Crippen LogP contribution in [0.2, 0.25) is 0 Å². The Kier molecular flexibility index (Phi) is 5.47. The third-order valence-electron chi connectivity index (χ3n) is 4.71. The summed E-state index contributed by atoms with van der Waals surface area (Å²) in [6, 6.07) is 19.8. The lowest BCUT2D eigenvalue weighted by atomic mass is 10.1. The van der Waals surface area contributed by atoms with Gasteiger partial charge in [-0.3, -0.25) is 9.48 Å². The number of carbonyl (C=O) groups is 1. The lowest BCUT2D eigenvalue weighted by molar-refractivity contribution is -0.122. The molecule has 6 heteroatoms. The molecule has 0 aliphatic heterocycles. The Labute approximate surface area is 163 Å². The first-order valence-electron chi connectivity index (χ1n) is 9.53. The second-order valence-corrected chi connectivity index (χ2v) is 6.82. The number of aromatic nitrogens is 4. The normalized spacial score (nSPS) is 12.1. The van der Waals surface area contributed by atoms with Gasteiger partial charge in [0.1, 0.15) is 5.82 Å². The molecule has 28 heavy (non-hydrogen) atoms. The second-order valence-electron chi connectivity index (χ2n) is 6.82. The average molecular weight is 373 g/mol. The van der Waals surface area contributed by atoms with Gasteiger partial charge in [0.2, 0.25) is 5.91 Å². The first kappa shape index (κ1) is 18.0. The van der Waals surface area contributed by atoms with E-state index in [2.05, 4.69) is 27.5 Å². The van der Waals surface area contributed by atoms with Crippen LogP contribution in [0.15, 0.2) is 73.1 Å². The van der Waals surface area contributed by atoms with Gasteiger partial charge in [-0.05, 0) is 36.6 Å². The van der Waals surface area contributed by atoms with Crippen molar-refractivity contribution in [2.75, 3.05) is 0 Å². The van der Waals surface area contributed by atoms with Gasteiger partial charge in [-0.2, -0.15) is 5.10 Å². The number of fused-ring (bicyclic) bond motifs is 1. The number of aryl methyl sites for hydroxylation is 1. The zero-order chi connectivity index (χ0) is 19.2. The average Bonchev–Trinajstić information content (AvgIpc) is 3.38. The van der Waals surface area contributed by atoms with Crippen LogP contribution in [0.5, 0.6) is 0 Å². The lowest BCUT2D eigenvalue weighted by Gasteiger charge is -2.17. The van der Waals surface area contributed by atoms with Crippen LogP contribution in [0.3, 0.4) is 0 Å². The van der Waals surface area contributed by atoms with Gasteiger partial charge in [0.15, 0.2) is 0 Å². The van der Waals surface area contributed by atoms with Crippen molar-refractivity contribution in [1.82, 2.24) is 25.1 Å². The Morgan fingerprint density at radius 2 is 1.89 bits per heavy atom. The molecule has 0 saturated carbocycles. The molecule has 0 saturated heterocycles. The molecule has 0 unspecified atom stereocenters. The fourth-order valence-electron chi connectivity index (χ4n) is 3.30. The maximum Gasteiger partial charge on any atom is 0.220 e. The lowest BCUT2D eigenvalue weighted by Crippen LogP contribution is -2.30. The number of hydrogen-bond acceptors (Lipinski definition) is 3. The van der Waals surface area contributed by atoms with E-state index in [-0.39, 0.29) is 11.9 Å². The monoisotopic (exact) mass is 373 g/mol. The number of hydrogen-bond donors (Lipinski definition) is 2. The summed E-state index contributed by atoms with van der Waals surface area (Å²) >= 11 is 0. The van der Waals surface area contributed by atoms with E-state index in [0.29, 0.717) is 12.8 Å². The van der Waals surface area contributed by atoms with Gasteiger partial charge < -0.3 is 10.3 Å². The largest absolute Gasteiger partial charge is 0.346 e. The number of imidazole rings is 1. The number of benzene rings is 2. The number of para-hydroxylation sites is 2. The minimum absolute atomic E-state index is 0.0218. The highest BCUT2D eigenvalue weighted by Gasteiger charge is 2.19. The van der Waals surface area contributed by atoms with Crippen molar-refractivity contribution < 1.29 is 4.79 Å². The fraction of sp³-hybridized carbons (Fsp3) is 0.227. The summed E-state index contributed by atoms with van der Waals surface area (Å²) in [4.78, 5) is 20.6. The van der Waals surface area contributed by atoms with Crippen LogP contribution in [0.4, 0.5) is 0 Å². The van der Waals surface area contributed by atoms with Crippen LogP contribution in [0.25, 0.3) is 11.0 Å². The summed E-state index contributed by atoms with van der Waals surface area (Å²) in [5, 5.41) is 7.33. The zero-order valence-corrected chi connectivity index (χ0v) is 15.6. The van der Waals surface area contributed by atoms with E-state index in [1.165, 1.54) is 0 Å². The number of carbonyl (C=O) groups excluding carboxylic acids is 1. The van der Waals surface area contributed by atoms with E-state index < -0.39 is 0 Å². The van der Waals surface area contributed by atoms with Crippen LogP contribution in [-0.4, -0.2) is 25.7 Å². The molecule has 4 aromatic rings. The Hall–Kier alpha value is -3.41. The Bertz CT molecular complexity index is 990. The van der Waals surface area contributed by atoms with Crippen LogP contribution < -0.4 is 5.32 Å². The molecule has 0 aliphatic carbocycles. The van der Waals surface area contributed by atoms with E-state index in [1.807, 2.05) is 59.4 Å². The first-order valence-corrected chi connectivity index (χ1v) is 9.53. The highest BCUT2D eigenvalue weighted by molar-refractivity contribution is 5.77. The van der Waals surface area contributed by atoms with Crippen molar-refractivity contribution in [2.24, 2.45) is 0 Å². The summed E-state index contributed by atoms with van der Waals surface area (Å²) < 4.78 is 1.84. The Morgan fingerprint density at radius 1 is 1.07 bits per heavy atom. The van der Waals surface area contributed by atoms with Crippen molar-refractivity contribution in [3.05, 3.63) is 84.4 Å². The van der Waals surface area contributed by atoms with Crippen molar-refractivity contribution in [2.45, 2.75) is 31.8 Å². The third-order valence-corrected chi connectivity index (χ3v) is 4.71. The summed E-state index contributed by atoms with van der Waals surface area (Å²) in [7, 11) is 0. The highest BCUT2D eigenvalue weighted by atomic mass is 16.1. The maximum atomic E-state index is 12.6. The Morgan fingerprint density at radius 3 is 2.68 bits per heavy atom. The van der Waals surface area contributed by atoms with E-state index in [4.69, 9.17) is 4.98 Å². The molecule has 0 fully saturated rings. The van der Waals surface area contributed by atoms with Crippen LogP contribution in [0, 0.1) is 0 Å². The van der Waals surface area contributed by atoms with Crippen molar-refractivity contribution in [3.63, 3.8) is 0 Å². The van der Waals surface area contributed by atoms with Crippen LogP contribution in [-0.2, 0) is 17.8 Å². The summed E-state index contributed by atoms with van der Waals surface area (Å²) in [6.45, 7) is 0.731. The quantitative estimate of drug-likeness (QED) is 0.495. The van der Waals surface area contributed by atoms with Gasteiger partial charge in [-0.15, -0.1) is 0 Å². The first-order chi connectivity index (χ1) is 13.8. The minimum atomic E-state index is -0.202. The molecule has 2 aromatic carbocycles. The van der Waals surface area contributed by atoms with Gasteiger partial charge in [-0.1, -0.05) is 42.5 Å². The molecule has 0 aliphatic rings. The molecule has 142 valence electrons. The standard InChI is InChI=1S/C22H23N5O/c28-21(12-6-14-27-15-7-13-23-27)24-20(16-17-8-2-1-3-9-17)22-25-18-10-4-5-11-19(18)26-22/h1-5,7-11,13,15,20H,6,12,14,16H2,(H,24,28)(H,25,26)/t20-/m1/s1. The van der Waals surface area contributed by atoms with Gasteiger partial charge >= 0.3 is 0 Å². The van der Waals surface area contributed by atoms with E-state index in [9.17, 15) is 4.79 Å². The predicted molar refractivity (Wildman–Crippen MR) is 109 cm³/mol. The SMILES string of the molecule is O=C(CCCn1cccn1)N[C@H](Cc1ccccc1)c1nc2ccccc2[nH]1. The second kappa shape index (κ2) is 8.52. The van der Waals surface area contributed by atoms with E-state index >= 15 is 0 Å². The van der Waals surface area contributed by atoms with E-state index in [1.54, 1.807) is 6.20 Å². The summed E-state index contributed by atoms with van der Waals surface area (Å²) in [6.07, 6.45) is 5.53.